The first kappa shape index (κ1) is 10.2. The Kier molecular flexibility index (Phi) is 2.47. The smallest absolute Gasteiger partial charge is 0.185 e. The lowest BCUT2D eigenvalue weighted by Gasteiger charge is -2.14. The molecule has 0 spiro atoms. The molecule has 0 aromatic carbocycles. The number of nitrogens with zero attached hydrogens (tertiary/aromatic N) is 5. The van der Waals surface area contributed by atoms with Gasteiger partial charge in [-0.25, -0.2) is 4.98 Å². The largest absolute Gasteiger partial charge is 0.321 e. The van der Waals surface area contributed by atoms with Crippen LogP contribution >= 0.6 is 0 Å². The maximum atomic E-state index is 10.8. The monoisotopic (exact) mass is 231 g/mol. The number of hydrogen-bond acceptors (Lipinski definition) is 4. The molecule has 0 saturated heterocycles. The van der Waals surface area contributed by atoms with Crippen LogP contribution in [0, 0.1) is 0 Å². The van der Waals surface area contributed by atoms with E-state index < -0.39 is 0 Å². The van der Waals surface area contributed by atoms with Crippen LogP contribution in [0.15, 0.2) is 12.4 Å². The van der Waals surface area contributed by atoms with Crippen LogP contribution in [0.1, 0.15) is 35.1 Å². The predicted octanol–water partition coefficient (Wildman–Crippen LogP) is 0.672. The summed E-state index contributed by atoms with van der Waals surface area (Å²) >= 11 is 0. The fourth-order valence-corrected chi connectivity index (χ4v) is 2.21. The fourth-order valence-electron chi connectivity index (χ4n) is 2.21. The molecule has 3 rings (SSSR count). The highest BCUT2D eigenvalue weighted by Gasteiger charge is 2.16. The van der Waals surface area contributed by atoms with Crippen molar-refractivity contribution in [3.63, 3.8) is 0 Å². The average molecular weight is 231 g/mol. The molecule has 0 saturated carbocycles. The van der Waals surface area contributed by atoms with Gasteiger partial charge in [0, 0.05) is 25.4 Å². The van der Waals surface area contributed by atoms with Crippen LogP contribution in [0.2, 0.25) is 0 Å². The summed E-state index contributed by atoms with van der Waals surface area (Å²) in [7, 11) is 0. The van der Waals surface area contributed by atoms with E-state index in [2.05, 4.69) is 19.7 Å². The Labute approximate surface area is 98.3 Å². The molecular weight excluding hydrogens is 218 g/mol. The van der Waals surface area contributed by atoms with Crippen molar-refractivity contribution < 1.29 is 4.79 Å². The standard InChI is InChI=1S/C11H13N5O/c17-8-11-12-4-6-15(11)7-10-14-13-9-3-1-2-5-16(9)10/h4,6,8H,1-3,5,7H2. The molecular formula is C11H13N5O. The molecule has 0 atom stereocenters. The Bertz CT molecular complexity index is 542. The van der Waals surface area contributed by atoms with Crippen molar-refractivity contribution in [1.82, 2.24) is 24.3 Å². The zero-order valence-corrected chi connectivity index (χ0v) is 9.41. The number of aldehydes is 1. The Hall–Kier alpha value is -1.98. The molecule has 0 fully saturated rings. The third kappa shape index (κ3) is 1.75. The van der Waals surface area contributed by atoms with Crippen molar-refractivity contribution in [2.75, 3.05) is 0 Å². The molecule has 0 amide bonds. The van der Waals surface area contributed by atoms with Gasteiger partial charge in [0.05, 0.1) is 6.54 Å². The lowest BCUT2D eigenvalue weighted by atomic mass is 10.2. The molecule has 1 aliphatic heterocycles. The van der Waals surface area contributed by atoms with Crippen molar-refractivity contribution >= 4 is 6.29 Å². The average Bonchev–Trinajstić information content (AvgIpc) is 2.97. The Balaban J connectivity index is 1.90. The molecule has 6 nitrogen and oxygen atoms in total. The number of imidazole rings is 1. The van der Waals surface area contributed by atoms with Gasteiger partial charge < -0.3 is 9.13 Å². The van der Waals surface area contributed by atoms with Crippen LogP contribution in [0.3, 0.4) is 0 Å². The van der Waals surface area contributed by atoms with Crippen molar-refractivity contribution in [1.29, 1.82) is 0 Å². The summed E-state index contributed by atoms with van der Waals surface area (Å²) in [5, 5.41) is 8.38. The normalized spacial score (nSPS) is 14.6. The number of fused-ring (bicyclic) bond motifs is 1. The summed E-state index contributed by atoms with van der Waals surface area (Å²) in [4.78, 5) is 14.7. The number of hydrogen-bond donors (Lipinski definition) is 0. The molecule has 6 heteroatoms. The highest BCUT2D eigenvalue weighted by molar-refractivity contribution is 5.69. The van der Waals surface area contributed by atoms with Gasteiger partial charge in [-0.2, -0.15) is 0 Å². The van der Waals surface area contributed by atoms with E-state index in [1.54, 1.807) is 17.0 Å². The molecule has 3 heterocycles. The van der Waals surface area contributed by atoms with E-state index in [-0.39, 0.29) is 0 Å². The maximum absolute atomic E-state index is 10.8. The van der Waals surface area contributed by atoms with E-state index >= 15 is 0 Å². The first-order valence-electron chi connectivity index (χ1n) is 5.76. The summed E-state index contributed by atoms with van der Waals surface area (Å²) in [5.41, 5.74) is 0. The predicted molar refractivity (Wildman–Crippen MR) is 59.7 cm³/mol. The van der Waals surface area contributed by atoms with Crippen molar-refractivity contribution in [2.24, 2.45) is 0 Å². The Morgan fingerprint density at radius 2 is 2.29 bits per heavy atom. The van der Waals surface area contributed by atoms with E-state index in [9.17, 15) is 4.79 Å². The zero-order valence-electron chi connectivity index (χ0n) is 9.41. The molecule has 17 heavy (non-hydrogen) atoms. The third-order valence-corrected chi connectivity index (χ3v) is 3.10. The lowest BCUT2D eigenvalue weighted by molar-refractivity contribution is 0.111. The maximum Gasteiger partial charge on any atom is 0.185 e. The van der Waals surface area contributed by atoms with Gasteiger partial charge in [0.15, 0.2) is 17.9 Å². The van der Waals surface area contributed by atoms with Gasteiger partial charge in [-0.1, -0.05) is 0 Å². The minimum absolute atomic E-state index is 0.429. The van der Waals surface area contributed by atoms with Crippen LogP contribution < -0.4 is 0 Å². The number of aryl methyl sites for hydroxylation is 1. The van der Waals surface area contributed by atoms with Gasteiger partial charge in [-0.3, -0.25) is 4.79 Å². The third-order valence-electron chi connectivity index (χ3n) is 3.10. The van der Waals surface area contributed by atoms with Crippen molar-refractivity contribution in [2.45, 2.75) is 32.4 Å². The van der Waals surface area contributed by atoms with Crippen LogP contribution in [-0.2, 0) is 19.5 Å². The summed E-state index contributed by atoms with van der Waals surface area (Å²) in [6.07, 6.45) is 7.52. The Morgan fingerprint density at radius 1 is 1.35 bits per heavy atom. The fraction of sp³-hybridized carbons (Fsp3) is 0.455. The van der Waals surface area contributed by atoms with Gasteiger partial charge >= 0.3 is 0 Å². The van der Waals surface area contributed by atoms with Crippen molar-refractivity contribution in [3.8, 4) is 0 Å². The van der Waals surface area contributed by atoms with Gasteiger partial charge in [-0.15, -0.1) is 10.2 Å². The number of carbonyl (C=O) groups is 1. The van der Waals surface area contributed by atoms with Gasteiger partial charge in [0.25, 0.3) is 0 Å². The van der Waals surface area contributed by atoms with Gasteiger partial charge in [0.1, 0.15) is 5.82 Å². The minimum atomic E-state index is 0.429. The van der Waals surface area contributed by atoms with Crippen LogP contribution in [0.5, 0.6) is 0 Å². The van der Waals surface area contributed by atoms with E-state index in [1.165, 1.54) is 12.8 Å². The van der Waals surface area contributed by atoms with Crippen LogP contribution in [-0.4, -0.2) is 30.6 Å². The van der Waals surface area contributed by atoms with E-state index in [0.29, 0.717) is 12.4 Å². The topological polar surface area (TPSA) is 65.6 Å². The second-order valence-corrected chi connectivity index (χ2v) is 4.17. The second kappa shape index (κ2) is 4.12. The quantitative estimate of drug-likeness (QED) is 0.728. The number of rotatable bonds is 3. The highest BCUT2D eigenvalue weighted by atomic mass is 16.1. The lowest BCUT2D eigenvalue weighted by Crippen LogP contribution is -2.15. The van der Waals surface area contributed by atoms with Gasteiger partial charge in [-0.05, 0) is 12.8 Å². The molecule has 1 aliphatic rings. The first-order chi connectivity index (χ1) is 8.38. The Morgan fingerprint density at radius 3 is 3.18 bits per heavy atom. The van der Waals surface area contributed by atoms with E-state index in [1.807, 2.05) is 0 Å². The molecule has 2 aromatic heterocycles. The molecule has 2 aromatic rings. The molecule has 0 bridgehead atoms. The molecule has 0 N–H and O–H groups in total. The molecule has 0 unspecified atom stereocenters. The first-order valence-corrected chi connectivity index (χ1v) is 5.76. The number of carbonyl (C=O) groups excluding carboxylic acids is 1. The molecule has 0 aliphatic carbocycles. The molecule has 0 radical (unpaired) electrons. The van der Waals surface area contributed by atoms with Crippen molar-refractivity contribution in [3.05, 3.63) is 29.9 Å². The number of aromatic nitrogens is 5. The van der Waals surface area contributed by atoms with E-state index in [0.717, 1.165) is 30.9 Å². The summed E-state index contributed by atoms with van der Waals surface area (Å²) in [6, 6.07) is 0. The highest BCUT2D eigenvalue weighted by Crippen LogP contribution is 2.15. The summed E-state index contributed by atoms with van der Waals surface area (Å²) < 4.78 is 3.94. The minimum Gasteiger partial charge on any atom is -0.321 e. The SMILES string of the molecule is O=Cc1nccn1Cc1nnc2n1CCCC2. The molecule has 88 valence electrons. The van der Waals surface area contributed by atoms with Gasteiger partial charge in [0.2, 0.25) is 0 Å². The van der Waals surface area contributed by atoms with E-state index in [4.69, 9.17) is 0 Å². The van der Waals surface area contributed by atoms with Crippen LogP contribution in [0.4, 0.5) is 0 Å². The summed E-state index contributed by atoms with van der Waals surface area (Å²) in [6.45, 7) is 1.53. The second-order valence-electron chi connectivity index (χ2n) is 4.17. The van der Waals surface area contributed by atoms with Crippen LogP contribution in [0.25, 0.3) is 0 Å². The zero-order chi connectivity index (χ0) is 11.7. The summed E-state index contributed by atoms with van der Waals surface area (Å²) in [5.74, 6) is 2.39.